The van der Waals surface area contributed by atoms with Crippen molar-refractivity contribution in [3.8, 4) is 0 Å². The molecular weight excluding hydrogens is 563 g/mol. The summed E-state index contributed by atoms with van der Waals surface area (Å²) < 4.78 is 14.8. The second-order valence-corrected chi connectivity index (χ2v) is 12.9. The summed E-state index contributed by atoms with van der Waals surface area (Å²) in [7, 11) is 0. The molecule has 0 N–H and O–H groups in total. The van der Waals surface area contributed by atoms with E-state index < -0.39 is 0 Å². The third-order valence-electron chi connectivity index (χ3n) is 7.05. The molecule has 1 fully saturated rings. The molecule has 0 aliphatic carbocycles. The number of thioether (sulfide) groups is 1. The zero-order valence-electron chi connectivity index (χ0n) is 20.8. The normalized spacial score (nSPS) is 17.5. The average Bonchev–Trinajstić information content (AvgIpc) is 3.50. The molecule has 4 aromatic heterocycles. The molecule has 2 aliphatic heterocycles. The van der Waals surface area contributed by atoms with Gasteiger partial charge in [-0.3, -0.25) is 4.40 Å². The second-order valence-electron chi connectivity index (χ2n) is 10.1. The Labute approximate surface area is 237 Å². The topological polar surface area (TPSA) is 77.7 Å². The quantitative estimate of drug-likeness (QED) is 0.231. The molecule has 0 radical (unpaired) electrons. The summed E-state index contributed by atoms with van der Waals surface area (Å²) in [5, 5.41) is 12.1. The third kappa shape index (κ3) is 4.22. The maximum Gasteiger partial charge on any atom is 0.197 e. The summed E-state index contributed by atoms with van der Waals surface area (Å²) in [5.74, 6) is 1.70. The molecule has 0 unspecified atom stereocenters. The molecule has 38 heavy (non-hydrogen) atoms. The number of pyridine rings is 1. The standard InChI is InChI=1S/C26H24Cl2N6O2S2/c1-26(2)10-15-16(11-36-26)22(33-5-7-35-8-6-33)30-24-19(15)20-21(38-24)23-31-32-25(34(23)13-29-20)37-12-14-3-4-17(27)18(28)9-14/h3-4,9,13H,5-8,10-12H2,1-2H3. The number of morpholine rings is 1. The minimum absolute atomic E-state index is 0.259. The lowest BCUT2D eigenvalue weighted by molar-refractivity contribution is -0.0396. The van der Waals surface area contributed by atoms with Gasteiger partial charge < -0.3 is 14.4 Å². The Bertz CT molecular complexity index is 1710. The maximum absolute atomic E-state index is 6.25. The van der Waals surface area contributed by atoms with Crippen LogP contribution in [-0.4, -0.2) is 56.5 Å². The molecule has 0 saturated carbocycles. The van der Waals surface area contributed by atoms with Gasteiger partial charge in [0.1, 0.15) is 21.7 Å². The molecule has 0 bridgehead atoms. The number of anilines is 1. The minimum atomic E-state index is -0.259. The first-order valence-corrected chi connectivity index (χ1v) is 14.9. The van der Waals surface area contributed by atoms with Crippen LogP contribution in [0.2, 0.25) is 10.0 Å². The minimum Gasteiger partial charge on any atom is -0.378 e. The lowest BCUT2D eigenvalue weighted by Gasteiger charge is -2.36. The molecule has 8 nitrogen and oxygen atoms in total. The van der Waals surface area contributed by atoms with Crippen LogP contribution in [0.1, 0.15) is 30.5 Å². The highest BCUT2D eigenvalue weighted by Crippen LogP contribution is 2.44. The highest BCUT2D eigenvalue weighted by atomic mass is 35.5. The molecule has 12 heteroatoms. The lowest BCUT2D eigenvalue weighted by atomic mass is 9.90. The van der Waals surface area contributed by atoms with Crippen LogP contribution < -0.4 is 4.90 Å². The van der Waals surface area contributed by atoms with Crippen LogP contribution in [0.4, 0.5) is 5.82 Å². The lowest BCUT2D eigenvalue weighted by Crippen LogP contribution is -2.39. The van der Waals surface area contributed by atoms with Gasteiger partial charge in [-0.15, -0.1) is 21.5 Å². The van der Waals surface area contributed by atoms with E-state index in [0.29, 0.717) is 35.6 Å². The number of rotatable bonds is 4. The van der Waals surface area contributed by atoms with E-state index in [2.05, 4.69) is 28.9 Å². The number of hydrogen-bond acceptors (Lipinski definition) is 9. The SMILES string of the molecule is CC1(C)Cc2c(c(N3CCOCC3)nc3sc4c(ncn5c(SCc6ccc(Cl)c(Cl)c6)nnc45)c23)CO1. The predicted octanol–water partition coefficient (Wildman–Crippen LogP) is 6.17. The van der Waals surface area contributed by atoms with Crippen LogP contribution in [0, 0.1) is 0 Å². The number of nitrogens with zero attached hydrogens (tertiary/aromatic N) is 6. The van der Waals surface area contributed by atoms with Crippen molar-refractivity contribution in [2.45, 2.75) is 43.4 Å². The van der Waals surface area contributed by atoms with E-state index in [4.69, 9.17) is 42.6 Å². The molecule has 0 spiro atoms. The van der Waals surface area contributed by atoms with Crippen molar-refractivity contribution < 1.29 is 9.47 Å². The number of ether oxygens (including phenoxy) is 2. The number of benzene rings is 1. The summed E-state index contributed by atoms with van der Waals surface area (Å²) in [6.07, 6.45) is 2.63. The number of halogens is 2. The molecular formula is C26H24Cl2N6O2S2. The number of fused-ring (bicyclic) bond motifs is 7. The number of aromatic nitrogens is 5. The van der Waals surface area contributed by atoms with Gasteiger partial charge in [-0.25, -0.2) is 9.97 Å². The Hall–Kier alpha value is -2.21. The molecule has 6 heterocycles. The van der Waals surface area contributed by atoms with Crippen LogP contribution in [0.3, 0.4) is 0 Å². The molecule has 0 amide bonds. The fourth-order valence-corrected chi connectivity index (χ4v) is 7.44. The molecule has 7 rings (SSSR count). The summed E-state index contributed by atoms with van der Waals surface area (Å²) in [5.41, 5.74) is 4.98. The van der Waals surface area contributed by atoms with Gasteiger partial charge in [-0.2, -0.15) is 0 Å². The fourth-order valence-electron chi connectivity index (χ4n) is 5.14. The highest BCUT2D eigenvalue weighted by molar-refractivity contribution is 7.98. The molecule has 5 aromatic rings. The van der Waals surface area contributed by atoms with Gasteiger partial charge in [0.2, 0.25) is 0 Å². The van der Waals surface area contributed by atoms with Gasteiger partial charge in [0, 0.05) is 36.2 Å². The van der Waals surface area contributed by atoms with Crippen LogP contribution in [0.25, 0.3) is 26.1 Å². The van der Waals surface area contributed by atoms with E-state index >= 15 is 0 Å². The van der Waals surface area contributed by atoms with Crippen molar-refractivity contribution in [3.63, 3.8) is 0 Å². The second kappa shape index (κ2) is 9.46. The van der Waals surface area contributed by atoms with Gasteiger partial charge in [-0.05, 0) is 37.1 Å². The van der Waals surface area contributed by atoms with E-state index in [1.807, 2.05) is 28.9 Å². The molecule has 1 saturated heterocycles. The van der Waals surface area contributed by atoms with Crippen molar-refractivity contribution in [3.05, 3.63) is 51.3 Å². The molecule has 2 aliphatic rings. The largest absolute Gasteiger partial charge is 0.378 e. The summed E-state index contributed by atoms with van der Waals surface area (Å²) in [4.78, 5) is 13.4. The van der Waals surface area contributed by atoms with E-state index in [-0.39, 0.29) is 5.60 Å². The molecule has 0 atom stereocenters. The van der Waals surface area contributed by atoms with Gasteiger partial charge >= 0.3 is 0 Å². The summed E-state index contributed by atoms with van der Waals surface area (Å²) in [6.45, 7) is 7.89. The van der Waals surface area contributed by atoms with E-state index in [1.54, 1.807) is 23.1 Å². The predicted molar refractivity (Wildman–Crippen MR) is 153 cm³/mol. The first-order chi connectivity index (χ1) is 18.4. The Kier molecular flexibility index (Phi) is 6.18. The number of hydrogen-bond donors (Lipinski definition) is 0. The van der Waals surface area contributed by atoms with Crippen molar-refractivity contribution >= 4 is 78.2 Å². The van der Waals surface area contributed by atoms with Crippen LogP contribution >= 0.6 is 46.3 Å². The zero-order chi connectivity index (χ0) is 26.0. The monoisotopic (exact) mass is 586 g/mol. The van der Waals surface area contributed by atoms with Gasteiger partial charge in [0.25, 0.3) is 0 Å². The first kappa shape index (κ1) is 24.8. The van der Waals surface area contributed by atoms with Gasteiger partial charge in [-0.1, -0.05) is 41.0 Å². The highest BCUT2D eigenvalue weighted by Gasteiger charge is 2.33. The molecule has 1 aromatic carbocycles. The molecule has 196 valence electrons. The van der Waals surface area contributed by atoms with E-state index in [9.17, 15) is 0 Å². The maximum atomic E-state index is 6.25. The summed E-state index contributed by atoms with van der Waals surface area (Å²) in [6, 6.07) is 5.67. The van der Waals surface area contributed by atoms with Gasteiger partial charge in [0.15, 0.2) is 10.8 Å². The summed E-state index contributed by atoms with van der Waals surface area (Å²) >= 11 is 15.5. The Morgan fingerprint density at radius 2 is 1.95 bits per heavy atom. The Morgan fingerprint density at radius 3 is 2.76 bits per heavy atom. The average molecular weight is 588 g/mol. The smallest absolute Gasteiger partial charge is 0.197 e. The van der Waals surface area contributed by atoms with Crippen molar-refractivity contribution in [2.24, 2.45) is 0 Å². The first-order valence-electron chi connectivity index (χ1n) is 12.4. The van der Waals surface area contributed by atoms with Crippen molar-refractivity contribution in [2.75, 3.05) is 31.2 Å². The van der Waals surface area contributed by atoms with Crippen molar-refractivity contribution in [1.82, 2.24) is 24.6 Å². The Balaban J connectivity index is 1.34. The van der Waals surface area contributed by atoms with Crippen LogP contribution in [0.5, 0.6) is 0 Å². The van der Waals surface area contributed by atoms with E-state index in [1.165, 1.54) is 11.1 Å². The van der Waals surface area contributed by atoms with Crippen LogP contribution in [0.15, 0.2) is 29.7 Å². The fraction of sp³-hybridized carbons (Fsp3) is 0.385. The van der Waals surface area contributed by atoms with Crippen LogP contribution in [-0.2, 0) is 28.3 Å². The Morgan fingerprint density at radius 1 is 1.11 bits per heavy atom. The van der Waals surface area contributed by atoms with E-state index in [0.717, 1.165) is 62.1 Å². The zero-order valence-corrected chi connectivity index (χ0v) is 24.0. The van der Waals surface area contributed by atoms with Gasteiger partial charge in [0.05, 0.1) is 41.0 Å². The third-order valence-corrected chi connectivity index (χ3v) is 9.87. The number of thiophene rings is 1. The van der Waals surface area contributed by atoms with Crippen molar-refractivity contribution in [1.29, 1.82) is 0 Å².